The van der Waals surface area contributed by atoms with Gasteiger partial charge in [-0.05, 0) is 47.0 Å². The van der Waals surface area contributed by atoms with Gasteiger partial charge in [-0.25, -0.2) is 0 Å². The second-order valence-corrected chi connectivity index (χ2v) is 5.86. The molecule has 1 unspecified atom stereocenters. The first-order chi connectivity index (χ1) is 8.58. The van der Waals surface area contributed by atoms with Gasteiger partial charge < -0.3 is 9.64 Å². The molecule has 1 saturated heterocycles. The summed E-state index contributed by atoms with van der Waals surface area (Å²) < 4.78 is 6.34. The molecular weight excluding hydrogens is 314 g/mol. The van der Waals surface area contributed by atoms with Crippen LogP contribution in [0.15, 0.2) is 27.6 Å². The highest BCUT2D eigenvalue weighted by Crippen LogP contribution is 2.22. The number of halogens is 1. The van der Waals surface area contributed by atoms with Crippen molar-refractivity contribution in [2.75, 3.05) is 20.2 Å². The Balaban J connectivity index is 2.07. The predicted octanol–water partition coefficient (Wildman–Crippen LogP) is 2.99. The molecule has 18 heavy (non-hydrogen) atoms. The molecule has 1 aliphatic rings. The van der Waals surface area contributed by atoms with E-state index < -0.39 is 0 Å². The molecule has 98 valence electrons. The van der Waals surface area contributed by atoms with E-state index >= 15 is 0 Å². The highest BCUT2D eigenvalue weighted by Gasteiger charge is 2.21. The van der Waals surface area contributed by atoms with E-state index in [1.54, 1.807) is 11.0 Å². The molecule has 1 fully saturated rings. The molecule has 1 amide bonds. The van der Waals surface area contributed by atoms with Gasteiger partial charge in [0.25, 0.3) is 5.91 Å². The zero-order chi connectivity index (χ0) is 13.1. The van der Waals surface area contributed by atoms with E-state index in [2.05, 4.69) is 28.6 Å². The van der Waals surface area contributed by atoms with Crippen molar-refractivity contribution in [3.8, 4) is 0 Å². The lowest BCUT2D eigenvalue weighted by atomic mass is 10.2. The van der Waals surface area contributed by atoms with Crippen molar-refractivity contribution in [2.45, 2.75) is 23.8 Å². The Kier molecular flexibility index (Phi) is 4.70. The number of ether oxygens (including phenoxy) is 1. The van der Waals surface area contributed by atoms with Crippen LogP contribution >= 0.6 is 28.6 Å². The van der Waals surface area contributed by atoms with Crippen molar-refractivity contribution in [3.63, 3.8) is 0 Å². The van der Waals surface area contributed by atoms with E-state index in [4.69, 9.17) is 4.74 Å². The maximum atomic E-state index is 12.3. The number of likely N-dealkylation sites (N-methyl/N-ethyl adjacent to an activating group) is 1. The highest BCUT2D eigenvalue weighted by atomic mass is 79.9. The number of hydrogen-bond acceptors (Lipinski definition) is 3. The monoisotopic (exact) mass is 329 g/mol. The first-order valence-electron chi connectivity index (χ1n) is 5.93. The minimum absolute atomic E-state index is 0.00623. The average Bonchev–Trinajstić information content (AvgIpc) is 2.84. The average molecular weight is 330 g/mol. The highest BCUT2D eigenvalue weighted by molar-refractivity contribution is 9.10. The third-order valence-corrected chi connectivity index (χ3v) is 4.00. The summed E-state index contributed by atoms with van der Waals surface area (Å²) in [6.45, 7) is 1.45. The summed E-state index contributed by atoms with van der Waals surface area (Å²) in [4.78, 5) is 14.8. The van der Waals surface area contributed by atoms with Crippen LogP contribution in [0.4, 0.5) is 0 Å². The summed E-state index contributed by atoms with van der Waals surface area (Å²) in [5.41, 5.74) is 0.642. The van der Waals surface area contributed by atoms with Crippen LogP contribution in [0.25, 0.3) is 0 Å². The van der Waals surface area contributed by atoms with Crippen LogP contribution in [0, 0.1) is 0 Å². The van der Waals surface area contributed by atoms with Crippen molar-refractivity contribution in [1.82, 2.24) is 4.90 Å². The minimum atomic E-state index is -0.00623. The van der Waals surface area contributed by atoms with Gasteiger partial charge in [0.15, 0.2) is 0 Å². The Morgan fingerprint density at radius 1 is 1.61 bits per heavy atom. The van der Waals surface area contributed by atoms with Crippen molar-refractivity contribution in [2.24, 2.45) is 0 Å². The van der Waals surface area contributed by atoms with Crippen molar-refractivity contribution >= 4 is 34.5 Å². The first kappa shape index (κ1) is 13.9. The van der Waals surface area contributed by atoms with E-state index in [0.717, 1.165) is 28.8 Å². The molecule has 0 spiro atoms. The number of hydrogen-bond donors (Lipinski definition) is 1. The summed E-state index contributed by atoms with van der Waals surface area (Å²) in [5.74, 6) is -0.00623. The Morgan fingerprint density at radius 2 is 2.39 bits per heavy atom. The SMILES string of the molecule is CN(CC1CCCO1)C(=O)c1cc(S)ccc1Br. The number of carbonyl (C=O) groups excluding carboxylic acids is 1. The maximum absolute atomic E-state index is 12.3. The predicted molar refractivity (Wildman–Crippen MR) is 77.3 cm³/mol. The van der Waals surface area contributed by atoms with Gasteiger partial charge >= 0.3 is 0 Å². The molecule has 3 nitrogen and oxygen atoms in total. The number of rotatable bonds is 3. The van der Waals surface area contributed by atoms with Gasteiger partial charge in [0.2, 0.25) is 0 Å². The Morgan fingerprint density at radius 3 is 3.06 bits per heavy atom. The molecule has 0 radical (unpaired) electrons. The lowest BCUT2D eigenvalue weighted by Gasteiger charge is -2.21. The number of nitrogens with zero attached hydrogens (tertiary/aromatic N) is 1. The molecular formula is C13H16BrNO2S. The van der Waals surface area contributed by atoms with Gasteiger partial charge in [-0.2, -0.15) is 0 Å². The number of carbonyl (C=O) groups is 1. The zero-order valence-corrected chi connectivity index (χ0v) is 12.7. The molecule has 1 aromatic carbocycles. The lowest BCUT2D eigenvalue weighted by Crippen LogP contribution is -2.34. The maximum Gasteiger partial charge on any atom is 0.254 e. The summed E-state index contributed by atoms with van der Waals surface area (Å²) in [6.07, 6.45) is 2.30. The van der Waals surface area contributed by atoms with Gasteiger partial charge in [0, 0.05) is 29.6 Å². The molecule has 0 aliphatic carbocycles. The number of benzene rings is 1. The molecule has 1 aromatic rings. The Labute approximate surface area is 121 Å². The normalized spacial score (nSPS) is 18.9. The van der Waals surface area contributed by atoms with Crippen molar-refractivity contribution < 1.29 is 9.53 Å². The summed E-state index contributed by atoms with van der Waals surface area (Å²) >= 11 is 7.66. The minimum Gasteiger partial charge on any atom is -0.376 e. The van der Waals surface area contributed by atoms with E-state index in [0.29, 0.717) is 12.1 Å². The zero-order valence-electron chi connectivity index (χ0n) is 10.2. The van der Waals surface area contributed by atoms with E-state index in [1.807, 2.05) is 19.2 Å². The fraction of sp³-hybridized carbons (Fsp3) is 0.462. The molecule has 0 N–H and O–H groups in total. The summed E-state index contributed by atoms with van der Waals surface area (Å²) in [5, 5.41) is 0. The summed E-state index contributed by atoms with van der Waals surface area (Å²) in [7, 11) is 1.81. The fourth-order valence-corrected chi connectivity index (χ4v) is 2.68. The van der Waals surface area contributed by atoms with E-state index in [1.165, 1.54) is 0 Å². The molecule has 1 atom stereocenters. The van der Waals surface area contributed by atoms with Gasteiger partial charge in [-0.1, -0.05) is 0 Å². The lowest BCUT2D eigenvalue weighted by molar-refractivity contribution is 0.0586. The van der Waals surface area contributed by atoms with Gasteiger partial charge in [-0.15, -0.1) is 12.6 Å². The largest absolute Gasteiger partial charge is 0.376 e. The second kappa shape index (κ2) is 6.08. The van der Waals surface area contributed by atoms with Crippen LogP contribution in [-0.4, -0.2) is 37.1 Å². The van der Waals surface area contributed by atoms with Gasteiger partial charge in [0.1, 0.15) is 0 Å². The molecule has 0 saturated carbocycles. The molecule has 1 aliphatic heterocycles. The van der Waals surface area contributed by atoms with Gasteiger partial charge in [0.05, 0.1) is 11.7 Å². The van der Waals surface area contributed by atoms with Crippen molar-refractivity contribution in [1.29, 1.82) is 0 Å². The molecule has 0 aromatic heterocycles. The van der Waals surface area contributed by atoms with Crippen molar-refractivity contribution in [3.05, 3.63) is 28.2 Å². The Hall–Kier alpha value is -0.520. The quantitative estimate of drug-likeness (QED) is 0.864. The first-order valence-corrected chi connectivity index (χ1v) is 7.17. The smallest absolute Gasteiger partial charge is 0.254 e. The van der Waals surface area contributed by atoms with Crippen LogP contribution in [0.2, 0.25) is 0 Å². The van der Waals surface area contributed by atoms with Crippen LogP contribution < -0.4 is 0 Å². The number of thiol groups is 1. The summed E-state index contributed by atoms with van der Waals surface area (Å²) in [6, 6.07) is 5.47. The van der Waals surface area contributed by atoms with Crippen LogP contribution in [0.5, 0.6) is 0 Å². The van der Waals surface area contributed by atoms with E-state index in [-0.39, 0.29) is 12.0 Å². The third-order valence-electron chi connectivity index (χ3n) is 3.03. The Bertz CT molecular complexity index is 447. The second-order valence-electron chi connectivity index (χ2n) is 4.48. The standard InChI is InChI=1S/C13H16BrNO2S/c1-15(8-9-3-2-6-17-9)13(16)11-7-10(18)4-5-12(11)14/h4-5,7,9,18H,2-3,6,8H2,1H3. The van der Waals surface area contributed by atoms with Crippen LogP contribution in [0.1, 0.15) is 23.2 Å². The molecule has 1 heterocycles. The molecule has 5 heteroatoms. The fourth-order valence-electron chi connectivity index (χ4n) is 2.06. The van der Waals surface area contributed by atoms with Gasteiger partial charge in [-0.3, -0.25) is 4.79 Å². The number of amides is 1. The molecule has 2 rings (SSSR count). The van der Waals surface area contributed by atoms with Crippen LogP contribution in [0.3, 0.4) is 0 Å². The molecule has 0 bridgehead atoms. The van der Waals surface area contributed by atoms with E-state index in [9.17, 15) is 4.79 Å². The van der Waals surface area contributed by atoms with Crippen LogP contribution in [-0.2, 0) is 4.74 Å². The topological polar surface area (TPSA) is 29.5 Å². The third kappa shape index (κ3) is 3.28.